The molecule has 6 nitrogen and oxygen atoms in total. The highest BCUT2D eigenvalue weighted by molar-refractivity contribution is 5.54. The monoisotopic (exact) mass is 329 g/mol. The van der Waals surface area contributed by atoms with E-state index in [1.165, 1.54) is 7.11 Å². The van der Waals surface area contributed by atoms with Crippen LogP contribution in [-0.2, 0) is 6.61 Å². The van der Waals surface area contributed by atoms with Crippen LogP contribution in [0, 0.1) is 11.3 Å². The highest BCUT2D eigenvalue weighted by Gasteiger charge is 2.14. The van der Waals surface area contributed by atoms with E-state index in [1.807, 2.05) is 12.1 Å². The molecule has 0 aromatic heterocycles. The molecule has 0 fully saturated rings. The van der Waals surface area contributed by atoms with Crippen LogP contribution in [-0.4, -0.2) is 28.4 Å². The molecule has 0 heterocycles. The summed E-state index contributed by atoms with van der Waals surface area (Å²) in [5, 5.41) is 8.94. The largest absolute Gasteiger partial charge is 0.493 e. The Bertz CT molecular complexity index is 727. The van der Waals surface area contributed by atoms with Gasteiger partial charge in [-0.3, -0.25) is 0 Å². The predicted octanol–water partition coefficient (Wildman–Crippen LogP) is 3.17. The number of hydrogen-bond acceptors (Lipinski definition) is 6. The molecule has 0 aliphatic heterocycles. The van der Waals surface area contributed by atoms with Crippen LogP contribution < -0.4 is 23.7 Å². The van der Waals surface area contributed by atoms with E-state index in [0.29, 0.717) is 34.3 Å². The molecule has 0 unspecified atom stereocenters. The van der Waals surface area contributed by atoms with E-state index in [1.54, 1.807) is 39.5 Å². The van der Waals surface area contributed by atoms with Crippen LogP contribution >= 0.6 is 0 Å². The Morgan fingerprint density at radius 2 is 1.42 bits per heavy atom. The van der Waals surface area contributed by atoms with Crippen LogP contribution in [0.15, 0.2) is 30.3 Å². The Balaban J connectivity index is 2.25. The van der Waals surface area contributed by atoms with Gasteiger partial charge in [-0.2, -0.15) is 5.26 Å². The SMILES string of the molecule is COc1cc(C#N)ccc1OCc1cc(OC)c(OC)c(OC)c1. The van der Waals surface area contributed by atoms with E-state index in [2.05, 4.69) is 6.07 Å². The molecular weight excluding hydrogens is 310 g/mol. The molecule has 24 heavy (non-hydrogen) atoms. The minimum absolute atomic E-state index is 0.277. The Labute approximate surface area is 141 Å². The van der Waals surface area contributed by atoms with Crippen LogP contribution in [0.3, 0.4) is 0 Å². The molecule has 0 aliphatic carbocycles. The van der Waals surface area contributed by atoms with Crippen LogP contribution in [0.2, 0.25) is 0 Å². The minimum atomic E-state index is 0.277. The van der Waals surface area contributed by atoms with Gasteiger partial charge in [0, 0.05) is 6.07 Å². The summed E-state index contributed by atoms with van der Waals surface area (Å²) in [7, 11) is 6.21. The van der Waals surface area contributed by atoms with E-state index in [-0.39, 0.29) is 6.61 Å². The first-order valence-electron chi connectivity index (χ1n) is 7.16. The smallest absolute Gasteiger partial charge is 0.203 e. The van der Waals surface area contributed by atoms with Crippen molar-refractivity contribution in [3.05, 3.63) is 41.5 Å². The van der Waals surface area contributed by atoms with Gasteiger partial charge in [0.05, 0.1) is 40.1 Å². The van der Waals surface area contributed by atoms with E-state index < -0.39 is 0 Å². The molecule has 0 bridgehead atoms. The lowest BCUT2D eigenvalue weighted by Crippen LogP contribution is -2.01. The molecule has 126 valence electrons. The standard InChI is InChI=1S/C18H19NO5/c1-20-15-7-12(10-19)5-6-14(15)24-11-13-8-16(21-2)18(23-4)17(9-13)22-3/h5-9H,11H2,1-4H3. The van der Waals surface area contributed by atoms with Crippen molar-refractivity contribution < 1.29 is 23.7 Å². The molecule has 2 rings (SSSR count). The maximum atomic E-state index is 8.94. The zero-order valence-corrected chi connectivity index (χ0v) is 14.1. The van der Waals surface area contributed by atoms with Crippen molar-refractivity contribution in [2.24, 2.45) is 0 Å². The summed E-state index contributed by atoms with van der Waals surface area (Å²) in [6.45, 7) is 0.277. The Morgan fingerprint density at radius 3 is 1.92 bits per heavy atom. The maximum absolute atomic E-state index is 8.94. The summed E-state index contributed by atoms with van der Waals surface area (Å²) in [5.74, 6) is 2.69. The van der Waals surface area contributed by atoms with Gasteiger partial charge in [0.2, 0.25) is 5.75 Å². The quantitative estimate of drug-likeness (QED) is 0.777. The average Bonchev–Trinajstić information content (AvgIpc) is 2.64. The van der Waals surface area contributed by atoms with E-state index in [9.17, 15) is 0 Å². The predicted molar refractivity (Wildman–Crippen MR) is 88.1 cm³/mol. The number of rotatable bonds is 7. The van der Waals surface area contributed by atoms with Gasteiger partial charge in [-0.25, -0.2) is 0 Å². The number of hydrogen-bond donors (Lipinski definition) is 0. The first-order valence-corrected chi connectivity index (χ1v) is 7.16. The van der Waals surface area contributed by atoms with Crippen molar-refractivity contribution in [2.45, 2.75) is 6.61 Å². The van der Waals surface area contributed by atoms with Gasteiger partial charge in [0.25, 0.3) is 0 Å². The van der Waals surface area contributed by atoms with Crippen LogP contribution in [0.1, 0.15) is 11.1 Å². The summed E-state index contributed by atoms with van der Waals surface area (Å²) in [6, 6.07) is 10.7. The van der Waals surface area contributed by atoms with E-state index in [4.69, 9.17) is 28.9 Å². The van der Waals surface area contributed by atoms with Crippen molar-refractivity contribution in [1.29, 1.82) is 5.26 Å². The first-order chi connectivity index (χ1) is 11.7. The fraction of sp³-hybridized carbons (Fsp3) is 0.278. The molecule has 0 saturated carbocycles. The van der Waals surface area contributed by atoms with Crippen LogP contribution in [0.25, 0.3) is 0 Å². The Kier molecular flexibility index (Phi) is 5.74. The van der Waals surface area contributed by atoms with Gasteiger partial charge in [-0.15, -0.1) is 0 Å². The third-order valence-electron chi connectivity index (χ3n) is 3.41. The number of nitrogens with zero attached hydrogens (tertiary/aromatic N) is 1. The summed E-state index contributed by atoms with van der Waals surface area (Å²) in [6.07, 6.45) is 0. The molecule has 0 atom stereocenters. The van der Waals surface area contributed by atoms with Crippen molar-refractivity contribution >= 4 is 0 Å². The molecule has 0 saturated heterocycles. The Morgan fingerprint density at radius 1 is 0.792 bits per heavy atom. The zero-order chi connectivity index (χ0) is 17.5. The molecule has 2 aromatic rings. The van der Waals surface area contributed by atoms with Gasteiger partial charge >= 0.3 is 0 Å². The van der Waals surface area contributed by atoms with Crippen LogP contribution in [0.5, 0.6) is 28.7 Å². The molecular formula is C18H19NO5. The second-order valence-corrected chi connectivity index (χ2v) is 4.80. The number of nitriles is 1. The maximum Gasteiger partial charge on any atom is 0.203 e. The highest BCUT2D eigenvalue weighted by Crippen LogP contribution is 2.38. The van der Waals surface area contributed by atoms with Gasteiger partial charge in [0.15, 0.2) is 23.0 Å². The minimum Gasteiger partial charge on any atom is -0.493 e. The molecule has 0 amide bonds. The first kappa shape index (κ1) is 17.3. The molecule has 2 aromatic carbocycles. The van der Waals surface area contributed by atoms with Crippen LogP contribution in [0.4, 0.5) is 0 Å². The normalized spacial score (nSPS) is 9.79. The molecule has 0 spiro atoms. The Hall–Kier alpha value is -3.07. The lowest BCUT2D eigenvalue weighted by atomic mass is 10.2. The average molecular weight is 329 g/mol. The number of benzene rings is 2. The van der Waals surface area contributed by atoms with Gasteiger partial charge in [-0.1, -0.05) is 0 Å². The number of ether oxygens (including phenoxy) is 5. The summed E-state index contributed by atoms with van der Waals surface area (Å²) in [5.41, 5.74) is 1.35. The highest BCUT2D eigenvalue weighted by atomic mass is 16.5. The molecule has 0 radical (unpaired) electrons. The van der Waals surface area contributed by atoms with Gasteiger partial charge in [-0.05, 0) is 29.8 Å². The van der Waals surface area contributed by atoms with Crippen molar-refractivity contribution in [2.75, 3.05) is 28.4 Å². The number of methoxy groups -OCH3 is 4. The van der Waals surface area contributed by atoms with E-state index in [0.717, 1.165) is 5.56 Å². The third-order valence-corrected chi connectivity index (χ3v) is 3.41. The fourth-order valence-corrected chi connectivity index (χ4v) is 2.24. The second kappa shape index (κ2) is 7.97. The zero-order valence-electron chi connectivity index (χ0n) is 14.1. The lowest BCUT2D eigenvalue weighted by molar-refractivity contribution is 0.281. The van der Waals surface area contributed by atoms with Gasteiger partial charge in [0.1, 0.15) is 6.61 Å². The second-order valence-electron chi connectivity index (χ2n) is 4.80. The van der Waals surface area contributed by atoms with E-state index >= 15 is 0 Å². The summed E-state index contributed by atoms with van der Waals surface area (Å²) >= 11 is 0. The summed E-state index contributed by atoms with van der Waals surface area (Å²) in [4.78, 5) is 0. The molecule has 6 heteroatoms. The van der Waals surface area contributed by atoms with Crippen molar-refractivity contribution in [3.8, 4) is 34.8 Å². The summed E-state index contributed by atoms with van der Waals surface area (Å²) < 4.78 is 27.0. The third kappa shape index (κ3) is 3.63. The molecule has 0 N–H and O–H groups in total. The molecule has 0 aliphatic rings. The van der Waals surface area contributed by atoms with Crippen molar-refractivity contribution in [3.63, 3.8) is 0 Å². The fourth-order valence-electron chi connectivity index (χ4n) is 2.24. The lowest BCUT2D eigenvalue weighted by Gasteiger charge is -2.15. The topological polar surface area (TPSA) is 69.9 Å². The van der Waals surface area contributed by atoms with Gasteiger partial charge < -0.3 is 23.7 Å². The van der Waals surface area contributed by atoms with Crippen molar-refractivity contribution in [1.82, 2.24) is 0 Å².